The molecule has 0 saturated carbocycles. The molecule has 0 aromatic carbocycles. The third-order valence-electron chi connectivity index (χ3n) is 3.83. The number of H-pyrrole nitrogens is 1. The molecule has 2 aliphatic rings. The van der Waals surface area contributed by atoms with Crippen LogP contribution in [0.3, 0.4) is 0 Å². The molecule has 2 aliphatic heterocycles. The number of hydrogen-bond acceptors (Lipinski definition) is 9. The molecule has 132 valence electrons. The van der Waals surface area contributed by atoms with Crippen molar-refractivity contribution in [1.29, 1.82) is 0 Å². The SMILES string of the molecule is NC1=CS(=O)(=O)O[C@@]12[C@@H](CO)O[C@@H](n1cc(Br)c(=O)[nH]c1=O)[C@@H]2O. The summed E-state index contributed by atoms with van der Waals surface area (Å²) in [5, 5.41) is 20.7. The molecule has 0 amide bonds. The average molecular weight is 426 g/mol. The summed E-state index contributed by atoms with van der Waals surface area (Å²) >= 11 is 2.93. The van der Waals surface area contributed by atoms with Crippen LogP contribution in [0.4, 0.5) is 0 Å². The molecule has 4 atom stereocenters. The van der Waals surface area contributed by atoms with Crippen LogP contribution in [0.15, 0.2) is 31.4 Å². The second-order valence-electron chi connectivity index (χ2n) is 5.23. The predicted molar refractivity (Wildman–Crippen MR) is 81.0 cm³/mol. The summed E-state index contributed by atoms with van der Waals surface area (Å²) in [6.07, 6.45) is -3.50. The van der Waals surface area contributed by atoms with Crippen LogP contribution in [0.5, 0.6) is 0 Å². The van der Waals surface area contributed by atoms with Crippen LogP contribution in [0.25, 0.3) is 0 Å². The van der Waals surface area contributed by atoms with E-state index in [1.807, 2.05) is 4.98 Å². The van der Waals surface area contributed by atoms with Crippen LogP contribution < -0.4 is 17.0 Å². The van der Waals surface area contributed by atoms with Gasteiger partial charge in [0, 0.05) is 6.20 Å². The Labute approximate surface area is 142 Å². The van der Waals surface area contributed by atoms with Crippen LogP contribution >= 0.6 is 15.9 Å². The Bertz CT molecular complexity index is 937. The highest BCUT2D eigenvalue weighted by atomic mass is 79.9. The largest absolute Gasteiger partial charge is 0.399 e. The molecule has 3 heterocycles. The van der Waals surface area contributed by atoms with Crippen molar-refractivity contribution < 1.29 is 27.6 Å². The van der Waals surface area contributed by atoms with Crippen molar-refractivity contribution in [3.8, 4) is 0 Å². The fourth-order valence-electron chi connectivity index (χ4n) is 2.76. The summed E-state index contributed by atoms with van der Waals surface area (Å²) in [6, 6.07) is 0. The van der Waals surface area contributed by atoms with E-state index < -0.39 is 52.0 Å². The molecule has 1 saturated heterocycles. The molecule has 5 N–H and O–H groups in total. The monoisotopic (exact) mass is 425 g/mol. The standard InChI is InChI=1S/C11H12BrN3O8S/c12-4-1-15(10(19)14-8(4)18)9-7(17)11(6(2-16)22-9)5(13)3-24(20,21)23-11/h1,3,6-7,9,16-17H,2,13H2,(H,14,18,19)/t6-,7+,9-,11-/m1/s1. The number of aliphatic hydroxyl groups is 2. The number of rotatable bonds is 2. The molecular weight excluding hydrogens is 414 g/mol. The van der Waals surface area contributed by atoms with E-state index in [2.05, 4.69) is 15.9 Å². The van der Waals surface area contributed by atoms with E-state index in [1.54, 1.807) is 0 Å². The normalized spacial score (nSPS) is 34.6. The predicted octanol–water partition coefficient (Wildman–Crippen LogP) is -2.55. The van der Waals surface area contributed by atoms with Crippen LogP contribution in [-0.4, -0.2) is 52.6 Å². The molecule has 0 unspecified atom stereocenters. The lowest BCUT2D eigenvalue weighted by Crippen LogP contribution is -2.53. The minimum absolute atomic E-state index is 0.0251. The number of nitrogens with two attached hydrogens (primary N) is 1. The van der Waals surface area contributed by atoms with Gasteiger partial charge in [-0.3, -0.25) is 14.3 Å². The maximum atomic E-state index is 12.0. The molecule has 0 bridgehead atoms. The zero-order valence-electron chi connectivity index (χ0n) is 11.7. The van der Waals surface area contributed by atoms with Gasteiger partial charge >= 0.3 is 5.69 Å². The van der Waals surface area contributed by atoms with Crippen LogP contribution in [0.2, 0.25) is 0 Å². The summed E-state index contributed by atoms with van der Waals surface area (Å²) in [6.45, 7) is -0.739. The molecular formula is C11H12BrN3O8S. The molecule has 3 rings (SSSR count). The van der Waals surface area contributed by atoms with Gasteiger partial charge in [-0.2, -0.15) is 8.42 Å². The first-order chi connectivity index (χ1) is 11.1. The minimum atomic E-state index is -4.19. The molecule has 1 aromatic rings. The molecule has 13 heteroatoms. The second kappa shape index (κ2) is 5.50. The zero-order chi connectivity index (χ0) is 17.9. The smallest absolute Gasteiger partial charge is 0.330 e. The van der Waals surface area contributed by atoms with Crippen molar-refractivity contribution in [2.75, 3.05) is 6.61 Å². The van der Waals surface area contributed by atoms with Crippen LogP contribution in [-0.2, 0) is 19.0 Å². The Kier molecular flexibility index (Phi) is 3.97. The van der Waals surface area contributed by atoms with Gasteiger partial charge in [-0.25, -0.2) is 8.98 Å². The molecule has 1 spiro atoms. The maximum absolute atomic E-state index is 12.0. The van der Waals surface area contributed by atoms with Gasteiger partial charge in [-0.1, -0.05) is 0 Å². The number of aromatic nitrogens is 2. The lowest BCUT2D eigenvalue weighted by atomic mass is 9.89. The Balaban J connectivity index is 2.13. The van der Waals surface area contributed by atoms with Crippen molar-refractivity contribution in [3.63, 3.8) is 0 Å². The lowest BCUT2D eigenvalue weighted by molar-refractivity contribution is -0.0591. The van der Waals surface area contributed by atoms with E-state index in [9.17, 15) is 28.2 Å². The molecule has 11 nitrogen and oxygen atoms in total. The molecule has 24 heavy (non-hydrogen) atoms. The molecule has 1 fully saturated rings. The fraction of sp³-hybridized carbons (Fsp3) is 0.455. The van der Waals surface area contributed by atoms with E-state index in [0.29, 0.717) is 5.41 Å². The molecule has 1 aromatic heterocycles. The maximum Gasteiger partial charge on any atom is 0.330 e. The van der Waals surface area contributed by atoms with Gasteiger partial charge in [-0.15, -0.1) is 0 Å². The van der Waals surface area contributed by atoms with Gasteiger partial charge in [0.2, 0.25) is 0 Å². The second-order valence-corrected chi connectivity index (χ2v) is 7.47. The van der Waals surface area contributed by atoms with E-state index >= 15 is 0 Å². The summed E-state index contributed by atoms with van der Waals surface area (Å²) in [4.78, 5) is 25.4. The lowest BCUT2D eigenvalue weighted by Gasteiger charge is -2.30. The van der Waals surface area contributed by atoms with Crippen molar-refractivity contribution >= 4 is 26.0 Å². The van der Waals surface area contributed by atoms with Gasteiger partial charge in [0.1, 0.15) is 12.2 Å². The summed E-state index contributed by atoms with van der Waals surface area (Å²) in [5.41, 5.74) is 1.64. The van der Waals surface area contributed by atoms with Crippen molar-refractivity contribution in [3.05, 3.63) is 42.6 Å². The van der Waals surface area contributed by atoms with Gasteiger partial charge < -0.3 is 20.7 Å². The Morgan fingerprint density at radius 1 is 1.46 bits per heavy atom. The Morgan fingerprint density at radius 2 is 2.12 bits per heavy atom. The number of nitrogens with one attached hydrogen (secondary N) is 1. The van der Waals surface area contributed by atoms with Crippen LogP contribution in [0, 0.1) is 0 Å². The van der Waals surface area contributed by atoms with Gasteiger partial charge in [0.05, 0.1) is 22.2 Å². The number of ether oxygens (including phenoxy) is 1. The molecule has 0 radical (unpaired) electrons. The summed E-state index contributed by atoms with van der Waals surface area (Å²) in [7, 11) is -4.19. The fourth-order valence-corrected chi connectivity index (χ4v) is 4.31. The highest BCUT2D eigenvalue weighted by Gasteiger charge is 2.64. The highest BCUT2D eigenvalue weighted by molar-refractivity contribution is 9.10. The Morgan fingerprint density at radius 3 is 2.67 bits per heavy atom. The first kappa shape index (κ1) is 17.3. The summed E-state index contributed by atoms with van der Waals surface area (Å²) in [5.74, 6) is 0. The van der Waals surface area contributed by atoms with E-state index in [4.69, 9.17) is 14.7 Å². The van der Waals surface area contributed by atoms with E-state index in [0.717, 1.165) is 10.8 Å². The van der Waals surface area contributed by atoms with Crippen molar-refractivity contribution in [2.24, 2.45) is 5.73 Å². The van der Waals surface area contributed by atoms with E-state index in [-0.39, 0.29) is 10.2 Å². The number of aromatic amines is 1. The zero-order valence-corrected chi connectivity index (χ0v) is 14.2. The summed E-state index contributed by atoms with van der Waals surface area (Å²) < 4.78 is 34.4. The quantitative estimate of drug-likeness (QED) is 0.371. The topological polar surface area (TPSA) is 174 Å². The highest BCUT2D eigenvalue weighted by Crippen LogP contribution is 2.46. The number of halogens is 1. The third-order valence-corrected chi connectivity index (χ3v) is 5.45. The van der Waals surface area contributed by atoms with Gasteiger partial charge in [-0.05, 0) is 15.9 Å². The minimum Gasteiger partial charge on any atom is -0.399 e. The number of hydrogen-bond donors (Lipinski definition) is 4. The molecule has 0 aliphatic carbocycles. The van der Waals surface area contributed by atoms with E-state index in [1.165, 1.54) is 0 Å². The third kappa shape index (κ3) is 2.35. The number of aliphatic hydroxyl groups excluding tert-OH is 2. The van der Waals surface area contributed by atoms with Gasteiger partial charge in [0.25, 0.3) is 15.7 Å². The number of nitrogens with zero attached hydrogens (tertiary/aromatic N) is 1. The van der Waals surface area contributed by atoms with Crippen molar-refractivity contribution in [2.45, 2.75) is 24.0 Å². The first-order valence-corrected chi connectivity index (χ1v) is 8.77. The first-order valence-electron chi connectivity index (χ1n) is 6.51. The van der Waals surface area contributed by atoms with Gasteiger partial charge in [0.15, 0.2) is 11.8 Å². The average Bonchev–Trinajstić information content (AvgIpc) is 2.89. The Hall–Kier alpha value is -1.51. The van der Waals surface area contributed by atoms with Crippen molar-refractivity contribution in [1.82, 2.24) is 9.55 Å². The van der Waals surface area contributed by atoms with Crippen LogP contribution in [0.1, 0.15) is 6.23 Å².